The lowest BCUT2D eigenvalue weighted by Crippen LogP contribution is -2.19. The molecule has 0 nitrogen and oxygen atoms in total. The second-order valence-corrected chi connectivity index (χ2v) is 6.81. The van der Waals surface area contributed by atoms with Crippen molar-refractivity contribution in [2.45, 2.75) is 60.8 Å². The molecule has 0 unspecified atom stereocenters. The second kappa shape index (κ2) is 6.92. The van der Waals surface area contributed by atoms with Gasteiger partial charge in [-0.1, -0.05) is 61.4 Å². The summed E-state index contributed by atoms with van der Waals surface area (Å²) >= 11 is 0. The van der Waals surface area contributed by atoms with E-state index in [-0.39, 0.29) is 0 Å². The topological polar surface area (TPSA) is 0 Å². The summed E-state index contributed by atoms with van der Waals surface area (Å²) in [6.45, 7) is 17.3. The average Bonchev–Trinajstić information content (AvgIpc) is 2.34. The van der Waals surface area contributed by atoms with Gasteiger partial charge in [-0.25, -0.2) is 0 Å². The fourth-order valence-corrected chi connectivity index (χ4v) is 2.68. The molecule has 1 aliphatic carbocycles. The summed E-state index contributed by atoms with van der Waals surface area (Å²) in [5, 5.41) is 0. The third kappa shape index (κ3) is 4.67. The highest BCUT2D eigenvalue weighted by atomic mass is 14.3. The lowest BCUT2D eigenvalue weighted by molar-refractivity contribution is 0.377. The maximum Gasteiger partial charge on any atom is -0.0104 e. The molecule has 0 aromatic heterocycles. The van der Waals surface area contributed by atoms with E-state index in [9.17, 15) is 0 Å². The summed E-state index contributed by atoms with van der Waals surface area (Å²) in [6.07, 6.45) is 12.8. The zero-order valence-corrected chi connectivity index (χ0v) is 14.1. The molecule has 0 saturated carbocycles. The van der Waals surface area contributed by atoms with Crippen LogP contribution in [0.5, 0.6) is 0 Å². The molecule has 0 bridgehead atoms. The van der Waals surface area contributed by atoms with E-state index in [0.29, 0.717) is 5.41 Å². The minimum Gasteiger partial charge on any atom is -0.0958 e. The van der Waals surface area contributed by atoms with Gasteiger partial charge in [0.1, 0.15) is 0 Å². The third-order valence-electron chi connectivity index (χ3n) is 4.32. The predicted octanol–water partition coefficient (Wildman–Crippen LogP) is 6.54. The Balaban J connectivity index is 2.89. The van der Waals surface area contributed by atoms with E-state index in [4.69, 9.17) is 0 Å². The van der Waals surface area contributed by atoms with Crippen molar-refractivity contribution in [3.05, 3.63) is 58.7 Å². The molecule has 0 aromatic rings. The first-order chi connectivity index (χ1) is 9.24. The van der Waals surface area contributed by atoms with E-state index in [1.54, 1.807) is 5.57 Å². The predicted molar refractivity (Wildman–Crippen MR) is 91.8 cm³/mol. The summed E-state index contributed by atoms with van der Waals surface area (Å²) in [6, 6.07) is 0. The third-order valence-corrected chi connectivity index (χ3v) is 4.32. The van der Waals surface area contributed by atoms with Crippen LogP contribution in [0.1, 0.15) is 60.8 Å². The second-order valence-electron chi connectivity index (χ2n) is 6.81. The Kier molecular flexibility index (Phi) is 5.80. The standard InChI is InChI=1S/C20H30/c1-15(2)17(4)12-10-16(3)11-13-19-18(5)9-8-14-20(19,6)7/h10-13H,1,8-9,14H2,2-7H3/b13-11+,16-10+,17-12+. The van der Waals surface area contributed by atoms with Crippen molar-refractivity contribution in [3.8, 4) is 0 Å². The average molecular weight is 270 g/mol. The molecule has 20 heavy (non-hydrogen) atoms. The molecule has 0 fully saturated rings. The summed E-state index contributed by atoms with van der Waals surface area (Å²) < 4.78 is 0. The van der Waals surface area contributed by atoms with Gasteiger partial charge in [-0.05, 0) is 63.5 Å². The van der Waals surface area contributed by atoms with Crippen LogP contribution in [0.4, 0.5) is 0 Å². The summed E-state index contributed by atoms with van der Waals surface area (Å²) in [7, 11) is 0. The van der Waals surface area contributed by atoms with Gasteiger partial charge in [-0.15, -0.1) is 0 Å². The Hall–Kier alpha value is -1.30. The zero-order valence-electron chi connectivity index (χ0n) is 14.1. The molecular weight excluding hydrogens is 240 g/mol. The van der Waals surface area contributed by atoms with Crippen LogP contribution in [0.15, 0.2) is 58.7 Å². The van der Waals surface area contributed by atoms with E-state index < -0.39 is 0 Å². The van der Waals surface area contributed by atoms with E-state index in [0.717, 1.165) is 5.57 Å². The van der Waals surface area contributed by atoms with E-state index in [2.05, 4.69) is 65.5 Å². The molecule has 0 aromatic carbocycles. The first kappa shape index (κ1) is 16.8. The van der Waals surface area contributed by atoms with Crippen LogP contribution in [-0.4, -0.2) is 0 Å². The molecule has 0 amide bonds. The van der Waals surface area contributed by atoms with Gasteiger partial charge in [0, 0.05) is 0 Å². The molecule has 0 radical (unpaired) electrons. The highest BCUT2D eigenvalue weighted by Crippen LogP contribution is 2.40. The van der Waals surface area contributed by atoms with Crippen LogP contribution in [0.3, 0.4) is 0 Å². The molecule has 0 saturated heterocycles. The van der Waals surface area contributed by atoms with Crippen LogP contribution in [0.25, 0.3) is 0 Å². The maximum atomic E-state index is 3.96. The van der Waals surface area contributed by atoms with Gasteiger partial charge in [-0.2, -0.15) is 0 Å². The Labute approximate surface area is 125 Å². The summed E-state index contributed by atoms with van der Waals surface area (Å²) in [5.74, 6) is 0. The van der Waals surface area contributed by atoms with Crippen molar-refractivity contribution in [2.24, 2.45) is 5.41 Å². The monoisotopic (exact) mass is 270 g/mol. The normalized spacial score (nSPS) is 20.7. The summed E-state index contributed by atoms with van der Waals surface area (Å²) in [5.41, 5.74) is 7.06. The van der Waals surface area contributed by atoms with Gasteiger partial charge in [0.2, 0.25) is 0 Å². The van der Waals surface area contributed by atoms with Crippen molar-refractivity contribution in [1.29, 1.82) is 0 Å². The van der Waals surface area contributed by atoms with E-state index in [1.165, 1.54) is 36.0 Å². The summed E-state index contributed by atoms with van der Waals surface area (Å²) in [4.78, 5) is 0. The van der Waals surface area contributed by atoms with Crippen molar-refractivity contribution in [1.82, 2.24) is 0 Å². The molecular formula is C20H30. The SMILES string of the molecule is C=C(C)/C(C)=C/C=C(C)/C=C/C1=C(C)CCCC1(C)C. The molecule has 0 heterocycles. The molecule has 0 aliphatic heterocycles. The molecule has 0 atom stereocenters. The molecule has 0 N–H and O–H groups in total. The van der Waals surface area contributed by atoms with Crippen LogP contribution in [-0.2, 0) is 0 Å². The fraction of sp³-hybridized carbons (Fsp3) is 0.500. The number of allylic oxidation sites excluding steroid dienone is 9. The van der Waals surface area contributed by atoms with Crippen molar-refractivity contribution in [2.75, 3.05) is 0 Å². The molecule has 0 spiro atoms. The fourth-order valence-electron chi connectivity index (χ4n) is 2.68. The van der Waals surface area contributed by atoms with Crippen molar-refractivity contribution >= 4 is 0 Å². The Morgan fingerprint density at radius 2 is 1.80 bits per heavy atom. The van der Waals surface area contributed by atoms with Gasteiger partial charge in [0.05, 0.1) is 0 Å². The lowest BCUT2D eigenvalue weighted by Gasteiger charge is -2.32. The zero-order chi connectivity index (χ0) is 15.3. The highest BCUT2D eigenvalue weighted by Gasteiger charge is 2.26. The largest absolute Gasteiger partial charge is 0.0958 e. The Morgan fingerprint density at radius 1 is 1.15 bits per heavy atom. The quantitative estimate of drug-likeness (QED) is 0.509. The maximum absolute atomic E-state index is 3.96. The van der Waals surface area contributed by atoms with Crippen molar-refractivity contribution < 1.29 is 0 Å². The van der Waals surface area contributed by atoms with Gasteiger partial charge < -0.3 is 0 Å². The molecule has 1 rings (SSSR count). The van der Waals surface area contributed by atoms with Crippen LogP contribution >= 0.6 is 0 Å². The molecule has 110 valence electrons. The smallest absolute Gasteiger partial charge is 0.0104 e. The highest BCUT2D eigenvalue weighted by molar-refractivity contribution is 5.37. The van der Waals surface area contributed by atoms with Gasteiger partial charge in [0.25, 0.3) is 0 Å². The van der Waals surface area contributed by atoms with Gasteiger partial charge in [0.15, 0.2) is 0 Å². The Bertz CT molecular complexity index is 490. The molecule has 0 heteroatoms. The van der Waals surface area contributed by atoms with Crippen LogP contribution in [0.2, 0.25) is 0 Å². The van der Waals surface area contributed by atoms with Crippen LogP contribution in [0, 0.1) is 5.41 Å². The number of hydrogen-bond donors (Lipinski definition) is 0. The Morgan fingerprint density at radius 3 is 2.35 bits per heavy atom. The van der Waals surface area contributed by atoms with Crippen LogP contribution < -0.4 is 0 Å². The van der Waals surface area contributed by atoms with Gasteiger partial charge >= 0.3 is 0 Å². The first-order valence-corrected chi connectivity index (χ1v) is 7.63. The number of rotatable bonds is 4. The van der Waals surface area contributed by atoms with Crippen molar-refractivity contribution in [3.63, 3.8) is 0 Å². The lowest BCUT2D eigenvalue weighted by atomic mass is 9.72. The molecule has 1 aliphatic rings. The number of hydrogen-bond acceptors (Lipinski definition) is 0. The van der Waals surface area contributed by atoms with E-state index >= 15 is 0 Å². The minimum absolute atomic E-state index is 0.322. The van der Waals surface area contributed by atoms with E-state index in [1.807, 2.05) is 6.92 Å². The first-order valence-electron chi connectivity index (χ1n) is 7.63. The minimum atomic E-state index is 0.322. The van der Waals surface area contributed by atoms with Gasteiger partial charge in [-0.3, -0.25) is 0 Å².